The molecule has 1 N–H and O–H groups in total. The normalized spacial score (nSPS) is 15.2. The van der Waals surface area contributed by atoms with Crippen LogP contribution >= 0.6 is 23.8 Å². The molecule has 1 aliphatic rings. The number of rotatable bonds is 6. The first-order valence-electron chi connectivity index (χ1n) is 9.50. The molecule has 2 heterocycles. The van der Waals surface area contributed by atoms with Crippen molar-refractivity contribution in [2.45, 2.75) is 19.6 Å². The number of hydrogen-bond acceptors (Lipinski definition) is 4. The number of ether oxygens (including phenoxy) is 1. The van der Waals surface area contributed by atoms with Gasteiger partial charge in [0.05, 0.1) is 36.0 Å². The molecule has 30 heavy (non-hydrogen) atoms. The summed E-state index contributed by atoms with van der Waals surface area (Å²) in [4.78, 5) is 4.19. The molecule has 0 atom stereocenters. The van der Waals surface area contributed by atoms with Crippen molar-refractivity contribution in [3.8, 4) is 0 Å². The van der Waals surface area contributed by atoms with E-state index >= 15 is 0 Å². The fraction of sp³-hybridized carbons (Fsp3) is 0.450. The Labute approximate surface area is 183 Å². The molecule has 1 saturated heterocycles. The predicted molar refractivity (Wildman–Crippen MR) is 114 cm³/mol. The second-order valence-corrected chi connectivity index (χ2v) is 7.80. The van der Waals surface area contributed by atoms with E-state index in [1.54, 1.807) is 0 Å². The SMILES string of the molecule is Cc1ccc(CN(CCN2CCOCC2)C(=S)Nc2ccc(C(F)(F)F)cc2Cl)o1. The Kier molecular flexibility index (Phi) is 7.62. The summed E-state index contributed by atoms with van der Waals surface area (Å²) in [5.74, 6) is 1.54. The number of nitrogens with zero attached hydrogens (tertiary/aromatic N) is 2. The van der Waals surface area contributed by atoms with Gasteiger partial charge in [-0.05, 0) is 49.5 Å². The van der Waals surface area contributed by atoms with Gasteiger partial charge in [0, 0.05) is 26.2 Å². The van der Waals surface area contributed by atoms with Gasteiger partial charge in [-0.25, -0.2) is 0 Å². The van der Waals surface area contributed by atoms with Crippen molar-refractivity contribution in [1.29, 1.82) is 0 Å². The molecule has 0 aliphatic carbocycles. The predicted octanol–water partition coefficient (Wildman–Crippen LogP) is 4.79. The molecule has 0 unspecified atom stereocenters. The van der Waals surface area contributed by atoms with Crippen LogP contribution in [0.25, 0.3) is 0 Å². The highest BCUT2D eigenvalue weighted by atomic mass is 35.5. The van der Waals surface area contributed by atoms with Crippen molar-refractivity contribution in [3.63, 3.8) is 0 Å². The quantitative estimate of drug-likeness (QED) is 0.624. The molecule has 0 bridgehead atoms. The maximum absolute atomic E-state index is 12.9. The van der Waals surface area contributed by atoms with E-state index in [0.29, 0.717) is 37.1 Å². The number of morpholine rings is 1. The Morgan fingerprint density at radius 2 is 1.97 bits per heavy atom. The Bertz CT molecular complexity index is 869. The molecule has 10 heteroatoms. The molecule has 1 aliphatic heterocycles. The third-order valence-corrected chi connectivity index (χ3v) is 5.43. The minimum Gasteiger partial charge on any atom is -0.464 e. The van der Waals surface area contributed by atoms with Gasteiger partial charge in [0.1, 0.15) is 11.5 Å². The number of benzene rings is 1. The topological polar surface area (TPSA) is 40.9 Å². The van der Waals surface area contributed by atoms with Crippen LogP contribution in [0, 0.1) is 6.92 Å². The van der Waals surface area contributed by atoms with Crippen LogP contribution in [-0.4, -0.2) is 54.3 Å². The lowest BCUT2D eigenvalue weighted by Gasteiger charge is -2.31. The van der Waals surface area contributed by atoms with E-state index in [4.69, 9.17) is 33.0 Å². The smallest absolute Gasteiger partial charge is 0.416 e. The van der Waals surface area contributed by atoms with E-state index in [1.165, 1.54) is 6.07 Å². The van der Waals surface area contributed by atoms with Crippen molar-refractivity contribution >= 4 is 34.6 Å². The van der Waals surface area contributed by atoms with Gasteiger partial charge in [0.15, 0.2) is 5.11 Å². The first-order chi connectivity index (χ1) is 14.2. The summed E-state index contributed by atoms with van der Waals surface area (Å²) in [7, 11) is 0. The molecule has 3 rings (SSSR count). The number of thiocarbonyl (C=S) groups is 1. The zero-order valence-corrected chi connectivity index (χ0v) is 18.0. The molecule has 0 radical (unpaired) electrons. The van der Waals surface area contributed by atoms with Gasteiger partial charge in [-0.3, -0.25) is 4.90 Å². The standard InChI is InChI=1S/C20H23ClF3N3O2S/c1-14-2-4-16(29-14)13-27(7-6-26-8-10-28-11-9-26)19(30)25-18-5-3-15(12-17(18)21)20(22,23)24/h2-5,12H,6-11,13H2,1H3,(H,25,30). The van der Waals surface area contributed by atoms with Crippen LogP contribution in [0.2, 0.25) is 5.02 Å². The van der Waals surface area contributed by atoms with E-state index in [9.17, 15) is 13.2 Å². The maximum Gasteiger partial charge on any atom is 0.416 e. The highest BCUT2D eigenvalue weighted by Crippen LogP contribution is 2.33. The monoisotopic (exact) mass is 461 g/mol. The van der Waals surface area contributed by atoms with E-state index < -0.39 is 11.7 Å². The largest absolute Gasteiger partial charge is 0.464 e. The van der Waals surface area contributed by atoms with Crippen molar-refractivity contribution in [2.75, 3.05) is 44.7 Å². The summed E-state index contributed by atoms with van der Waals surface area (Å²) in [5.41, 5.74) is -0.485. The van der Waals surface area contributed by atoms with Crippen LogP contribution in [-0.2, 0) is 17.5 Å². The first kappa shape index (κ1) is 22.9. The van der Waals surface area contributed by atoms with Crippen LogP contribution in [0.1, 0.15) is 17.1 Å². The number of hydrogen-bond donors (Lipinski definition) is 1. The minimum absolute atomic E-state index is 0.0471. The van der Waals surface area contributed by atoms with E-state index in [0.717, 1.165) is 43.3 Å². The summed E-state index contributed by atoms with van der Waals surface area (Å²) in [6, 6.07) is 6.91. The van der Waals surface area contributed by atoms with E-state index in [1.807, 2.05) is 24.0 Å². The molecular formula is C20H23ClF3N3O2S. The Balaban J connectivity index is 1.70. The van der Waals surface area contributed by atoms with Gasteiger partial charge < -0.3 is 19.4 Å². The van der Waals surface area contributed by atoms with Crippen molar-refractivity contribution in [2.24, 2.45) is 0 Å². The minimum atomic E-state index is -4.45. The number of nitrogens with one attached hydrogen (secondary N) is 1. The van der Waals surface area contributed by atoms with Gasteiger partial charge in [0.2, 0.25) is 0 Å². The molecule has 1 aromatic carbocycles. The summed E-state index contributed by atoms with van der Waals surface area (Å²) < 4.78 is 49.7. The fourth-order valence-corrected chi connectivity index (χ4v) is 3.58. The molecule has 2 aromatic rings. The molecule has 5 nitrogen and oxygen atoms in total. The third-order valence-electron chi connectivity index (χ3n) is 4.76. The van der Waals surface area contributed by atoms with Crippen LogP contribution in [0.15, 0.2) is 34.7 Å². The lowest BCUT2D eigenvalue weighted by atomic mass is 10.2. The van der Waals surface area contributed by atoms with E-state index in [-0.39, 0.29) is 5.02 Å². The average molecular weight is 462 g/mol. The van der Waals surface area contributed by atoms with Crippen molar-refractivity contribution in [3.05, 3.63) is 52.4 Å². The van der Waals surface area contributed by atoms with Gasteiger partial charge >= 0.3 is 6.18 Å². The number of aryl methyl sites for hydroxylation is 1. The first-order valence-corrected chi connectivity index (χ1v) is 10.3. The second kappa shape index (κ2) is 10.00. The molecule has 1 aromatic heterocycles. The molecule has 0 spiro atoms. The molecule has 164 valence electrons. The zero-order valence-electron chi connectivity index (χ0n) is 16.5. The Morgan fingerprint density at radius 1 is 1.23 bits per heavy atom. The summed E-state index contributed by atoms with van der Waals surface area (Å²) in [6.07, 6.45) is -4.45. The Hall–Kier alpha value is -1.81. The lowest BCUT2D eigenvalue weighted by molar-refractivity contribution is -0.137. The van der Waals surface area contributed by atoms with Crippen LogP contribution in [0.4, 0.5) is 18.9 Å². The molecule has 1 fully saturated rings. The second-order valence-electron chi connectivity index (χ2n) is 7.01. The number of furan rings is 1. The average Bonchev–Trinajstić information content (AvgIpc) is 3.11. The van der Waals surface area contributed by atoms with Gasteiger partial charge in [-0.1, -0.05) is 11.6 Å². The van der Waals surface area contributed by atoms with Crippen molar-refractivity contribution < 1.29 is 22.3 Å². The van der Waals surface area contributed by atoms with Gasteiger partial charge in [-0.2, -0.15) is 13.2 Å². The van der Waals surface area contributed by atoms with Gasteiger partial charge in [0.25, 0.3) is 0 Å². The zero-order chi connectivity index (χ0) is 21.7. The van der Waals surface area contributed by atoms with Crippen LogP contribution in [0.3, 0.4) is 0 Å². The molecule has 0 saturated carbocycles. The molecular weight excluding hydrogens is 439 g/mol. The maximum atomic E-state index is 12.9. The Morgan fingerprint density at radius 3 is 2.57 bits per heavy atom. The van der Waals surface area contributed by atoms with Crippen LogP contribution in [0.5, 0.6) is 0 Å². The fourth-order valence-electron chi connectivity index (χ4n) is 3.08. The van der Waals surface area contributed by atoms with Gasteiger partial charge in [-0.15, -0.1) is 0 Å². The number of halogens is 4. The van der Waals surface area contributed by atoms with E-state index in [2.05, 4.69) is 10.2 Å². The van der Waals surface area contributed by atoms with Crippen molar-refractivity contribution in [1.82, 2.24) is 9.80 Å². The summed E-state index contributed by atoms with van der Waals surface area (Å²) >= 11 is 11.6. The third kappa shape index (κ3) is 6.34. The number of alkyl halides is 3. The van der Waals surface area contributed by atoms with Crippen LogP contribution < -0.4 is 5.32 Å². The lowest BCUT2D eigenvalue weighted by Crippen LogP contribution is -2.43. The highest BCUT2D eigenvalue weighted by Gasteiger charge is 2.31. The summed E-state index contributed by atoms with van der Waals surface area (Å²) in [5, 5.41) is 3.29. The molecule has 0 amide bonds. The summed E-state index contributed by atoms with van der Waals surface area (Å²) in [6.45, 7) is 6.76. The number of anilines is 1. The highest BCUT2D eigenvalue weighted by molar-refractivity contribution is 7.80.